The second kappa shape index (κ2) is 16.5. The number of amides is 2. The lowest BCUT2D eigenvalue weighted by atomic mass is 10.0. The van der Waals surface area contributed by atoms with Gasteiger partial charge in [0.2, 0.25) is 12.4 Å². The van der Waals surface area contributed by atoms with Crippen molar-refractivity contribution in [2.75, 3.05) is 13.7 Å². The van der Waals surface area contributed by atoms with E-state index in [9.17, 15) is 40.3 Å². The van der Waals surface area contributed by atoms with Crippen LogP contribution in [0.1, 0.15) is 61.8 Å². The molecule has 0 aliphatic heterocycles. The highest BCUT2D eigenvalue weighted by Crippen LogP contribution is 2.48. The average Bonchev–Trinajstić information content (AvgIpc) is 3.47. The number of carbonyl (C=O) groups is 2. The molecule has 0 spiro atoms. The number of nitrogens with zero attached hydrogens (tertiary/aromatic N) is 7. The number of guanidine groups is 1. The Morgan fingerprint density at radius 1 is 1.09 bits per heavy atom. The summed E-state index contributed by atoms with van der Waals surface area (Å²) in [6.45, 7) is -2.73. The normalized spacial score (nSPS) is 14.8. The topological polar surface area (TPSA) is 146 Å². The predicted octanol–water partition coefficient (Wildman–Crippen LogP) is 7.20. The highest BCUT2D eigenvalue weighted by atomic mass is 35.5. The standard InChI is InChI=1S/C27H26Cl2F4N8O2.C5H6F3NO/c1-27(2,29)38-26(34)40(23(42)16-6-4-15(5-7-16)18-11-36-39(12-18)24(30)31)21(13-43-3)17-8-9-20(28)19(10-17)22-35-14-37-41(22)25(32)33;6-5(7,8)4(1-2-4)9-3-10/h4-12,14,21,24-25H,13H2,1-3H3,(H2,34,38);3H,1-2H2,(H,9,10). The molecule has 286 valence electrons. The predicted molar refractivity (Wildman–Crippen MR) is 180 cm³/mol. The Labute approximate surface area is 307 Å². The van der Waals surface area contributed by atoms with Gasteiger partial charge in [0.1, 0.15) is 16.9 Å². The van der Waals surface area contributed by atoms with E-state index in [1.54, 1.807) is 37.4 Å². The molecule has 0 saturated heterocycles. The van der Waals surface area contributed by atoms with Gasteiger partial charge in [0.05, 0.1) is 23.9 Å². The molecule has 1 saturated carbocycles. The molecule has 1 atom stereocenters. The molecule has 53 heavy (non-hydrogen) atoms. The number of halogens is 9. The molecule has 2 heterocycles. The van der Waals surface area contributed by atoms with Gasteiger partial charge in [-0.1, -0.05) is 41.4 Å². The Morgan fingerprint density at radius 2 is 1.75 bits per heavy atom. The molecule has 1 unspecified atom stereocenters. The second-order valence-electron chi connectivity index (χ2n) is 12.0. The van der Waals surface area contributed by atoms with Gasteiger partial charge in [-0.3, -0.25) is 14.5 Å². The molecule has 1 aliphatic carbocycles. The largest absolute Gasteiger partial charge is 0.411 e. The molecule has 4 aromatic rings. The summed E-state index contributed by atoms with van der Waals surface area (Å²) in [4.78, 5) is 31.9. The Bertz CT molecular complexity index is 1910. The first-order chi connectivity index (χ1) is 24.8. The van der Waals surface area contributed by atoms with E-state index in [1.165, 1.54) is 48.7 Å². The molecular formula is C32H32Cl2F7N9O3. The number of hydrogen-bond donors (Lipinski definition) is 2. The Balaban J connectivity index is 0.000000541. The van der Waals surface area contributed by atoms with Gasteiger partial charge < -0.3 is 15.8 Å². The number of alkyl halides is 8. The summed E-state index contributed by atoms with van der Waals surface area (Å²) in [5, 5.41) is 9.08. The van der Waals surface area contributed by atoms with Crippen LogP contribution in [0, 0.1) is 0 Å². The molecule has 12 nitrogen and oxygen atoms in total. The first kappa shape index (κ1) is 41.0. The number of rotatable bonds is 12. The Morgan fingerprint density at radius 3 is 2.25 bits per heavy atom. The van der Waals surface area contributed by atoms with E-state index in [4.69, 9.17) is 33.7 Å². The van der Waals surface area contributed by atoms with Crippen molar-refractivity contribution in [3.63, 3.8) is 0 Å². The van der Waals surface area contributed by atoms with Crippen LogP contribution in [-0.2, 0) is 9.53 Å². The van der Waals surface area contributed by atoms with Crippen LogP contribution < -0.4 is 11.1 Å². The summed E-state index contributed by atoms with van der Waals surface area (Å²) >= 11 is 12.7. The molecule has 2 amide bonds. The van der Waals surface area contributed by atoms with E-state index in [2.05, 4.69) is 20.2 Å². The van der Waals surface area contributed by atoms with Crippen LogP contribution in [0.3, 0.4) is 0 Å². The molecule has 2 aromatic heterocycles. The van der Waals surface area contributed by atoms with E-state index in [0.29, 0.717) is 26.1 Å². The minimum atomic E-state index is -4.28. The molecule has 0 bridgehead atoms. The van der Waals surface area contributed by atoms with Gasteiger partial charge in [-0.2, -0.15) is 45.6 Å². The molecule has 5 rings (SSSR count). The summed E-state index contributed by atoms with van der Waals surface area (Å²) in [6, 6.07) is 9.72. The number of carbonyl (C=O) groups excluding carboxylic acids is 2. The molecule has 2 aromatic carbocycles. The van der Waals surface area contributed by atoms with Crippen LogP contribution in [0.25, 0.3) is 22.5 Å². The van der Waals surface area contributed by atoms with Crippen molar-refractivity contribution < 1.29 is 45.1 Å². The van der Waals surface area contributed by atoms with Crippen LogP contribution in [0.15, 0.2) is 66.2 Å². The monoisotopic (exact) mass is 793 g/mol. The number of benzene rings is 2. The van der Waals surface area contributed by atoms with Crippen LogP contribution in [-0.4, -0.2) is 78.2 Å². The molecule has 1 fully saturated rings. The highest BCUT2D eigenvalue weighted by molar-refractivity contribution is 6.33. The van der Waals surface area contributed by atoms with E-state index in [0.717, 1.165) is 6.33 Å². The summed E-state index contributed by atoms with van der Waals surface area (Å²) in [7, 11) is 1.41. The number of ether oxygens (including phenoxy) is 1. The zero-order valence-electron chi connectivity index (χ0n) is 28.0. The SMILES string of the molecule is COCC(c1ccc(Cl)c(-c2ncnn2C(F)F)c1)N(C(=O)c1ccc(-c2cnn(C(F)F)c2)cc1)/C(N)=N\C(C)(C)Cl.O=CNC1(C(F)(F)F)CC1. The zero-order valence-corrected chi connectivity index (χ0v) is 29.6. The second-order valence-corrected chi connectivity index (χ2v) is 13.3. The Hall–Kier alpha value is -4.75. The minimum Gasteiger partial charge on any atom is -0.382 e. The van der Waals surface area contributed by atoms with Crippen LogP contribution >= 0.6 is 23.2 Å². The number of nitrogens with two attached hydrogens (primary N) is 1. The number of methoxy groups -OCH3 is 1. The number of hydrogen-bond acceptors (Lipinski definition) is 7. The fourth-order valence-corrected chi connectivity index (χ4v) is 5.29. The summed E-state index contributed by atoms with van der Waals surface area (Å²) < 4.78 is 95.0. The summed E-state index contributed by atoms with van der Waals surface area (Å²) in [5.41, 5.74) is 6.15. The van der Waals surface area contributed by atoms with E-state index >= 15 is 0 Å². The maximum absolute atomic E-state index is 14.0. The number of aliphatic imine (C=N–C) groups is 1. The third-order valence-electron chi connectivity index (χ3n) is 7.75. The molecule has 0 radical (unpaired) electrons. The first-order valence-electron chi connectivity index (χ1n) is 15.4. The van der Waals surface area contributed by atoms with E-state index in [1.807, 2.05) is 0 Å². The zero-order chi connectivity index (χ0) is 39.3. The smallest absolute Gasteiger partial charge is 0.382 e. The number of nitrogens with one attached hydrogen (secondary N) is 1. The first-order valence-corrected chi connectivity index (χ1v) is 16.1. The quantitative estimate of drug-likeness (QED) is 0.0386. The van der Waals surface area contributed by atoms with E-state index in [-0.39, 0.29) is 53.8 Å². The number of aromatic nitrogens is 5. The lowest BCUT2D eigenvalue weighted by molar-refractivity contribution is -0.167. The molecule has 3 N–H and O–H groups in total. The van der Waals surface area contributed by atoms with Gasteiger partial charge in [-0.25, -0.2) is 14.7 Å². The van der Waals surface area contributed by atoms with Gasteiger partial charge in [0.15, 0.2) is 5.82 Å². The fourth-order valence-electron chi connectivity index (χ4n) is 5.00. The van der Waals surface area contributed by atoms with Crippen molar-refractivity contribution in [2.24, 2.45) is 10.7 Å². The third kappa shape index (κ3) is 9.82. The van der Waals surface area contributed by atoms with Crippen molar-refractivity contribution >= 4 is 41.5 Å². The average molecular weight is 795 g/mol. The van der Waals surface area contributed by atoms with Gasteiger partial charge in [-0.15, -0.1) is 0 Å². The Kier molecular flexibility index (Phi) is 12.8. The van der Waals surface area contributed by atoms with Crippen LogP contribution in [0.2, 0.25) is 5.02 Å². The molecule has 1 aliphatic rings. The van der Waals surface area contributed by atoms with Crippen LogP contribution in [0.5, 0.6) is 0 Å². The van der Waals surface area contributed by atoms with Crippen molar-refractivity contribution in [2.45, 2.75) is 62.5 Å². The lowest BCUT2D eigenvalue weighted by Crippen LogP contribution is -2.46. The van der Waals surface area contributed by atoms with Crippen LogP contribution in [0.4, 0.5) is 30.7 Å². The molecule has 21 heteroatoms. The van der Waals surface area contributed by atoms with E-state index < -0.39 is 41.8 Å². The fraction of sp³-hybridized carbons (Fsp3) is 0.375. The van der Waals surface area contributed by atoms with Gasteiger partial charge in [0.25, 0.3) is 5.91 Å². The summed E-state index contributed by atoms with van der Waals surface area (Å²) in [5.74, 6) is -1.04. The third-order valence-corrected chi connectivity index (χ3v) is 8.16. The van der Waals surface area contributed by atoms with Crippen molar-refractivity contribution in [1.82, 2.24) is 34.8 Å². The lowest BCUT2D eigenvalue weighted by Gasteiger charge is -2.32. The summed E-state index contributed by atoms with van der Waals surface area (Å²) in [6.07, 6.45) is -0.728. The maximum atomic E-state index is 14.0. The maximum Gasteiger partial charge on any atom is 0.411 e. The van der Waals surface area contributed by atoms with Gasteiger partial charge >= 0.3 is 19.3 Å². The van der Waals surface area contributed by atoms with Crippen molar-refractivity contribution in [3.8, 4) is 22.5 Å². The molecular weight excluding hydrogens is 762 g/mol. The highest BCUT2D eigenvalue weighted by Gasteiger charge is 2.63. The minimum absolute atomic E-state index is 0.00917. The van der Waals surface area contributed by atoms with Gasteiger partial charge in [0, 0.05) is 30.0 Å². The van der Waals surface area contributed by atoms with Crippen molar-refractivity contribution in [1.29, 1.82) is 0 Å². The van der Waals surface area contributed by atoms with Crippen molar-refractivity contribution in [3.05, 3.63) is 77.3 Å². The van der Waals surface area contributed by atoms with Gasteiger partial charge in [-0.05, 0) is 62.1 Å².